The summed E-state index contributed by atoms with van der Waals surface area (Å²) in [5.41, 5.74) is 0.251. The summed E-state index contributed by atoms with van der Waals surface area (Å²) in [6, 6.07) is 7.66. The van der Waals surface area contributed by atoms with E-state index in [1.165, 1.54) is 0 Å². The van der Waals surface area contributed by atoms with E-state index < -0.39 is 5.60 Å². The fraction of sp³-hybridized carbons (Fsp3) is 0.562. The van der Waals surface area contributed by atoms with Gasteiger partial charge in [-0.25, -0.2) is 0 Å². The van der Waals surface area contributed by atoms with Gasteiger partial charge in [-0.3, -0.25) is 9.69 Å². The molecule has 21 heavy (non-hydrogen) atoms. The highest BCUT2D eigenvalue weighted by Gasteiger charge is 2.18. The molecule has 0 aliphatic heterocycles. The van der Waals surface area contributed by atoms with E-state index >= 15 is 0 Å². The van der Waals surface area contributed by atoms with Crippen molar-refractivity contribution in [2.45, 2.75) is 26.0 Å². The molecule has 0 unspecified atom stereocenters. The first-order valence-electron chi connectivity index (χ1n) is 6.99. The first-order chi connectivity index (χ1) is 9.71. The van der Waals surface area contributed by atoms with E-state index in [-0.39, 0.29) is 12.5 Å². The van der Waals surface area contributed by atoms with Crippen molar-refractivity contribution in [3.63, 3.8) is 0 Å². The SMILES string of the molecule is COc1ccc(CN(C)C(=O)CN(C)CC(C)(C)O)cc1. The number of amides is 1. The van der Waals surface area contributed by atoms with Crippen LogP contribution in [0.1, 0.15) is 19.4 Å². The molecule has 0 radical (unpaired) electrons. The van der Waals surface area contributed by atoms with Crippen molar-refractivity contribution in [1.29, 1.82) is 0 Å². The molecular formula is C16H26N2O3. The van der Waals surface area contributed by atoms with E-state index in [9.17, 15) is 9.90 Å². The van der Waals surface area contributed by atoms with Gasteiger partial charge in [0.2, 0.25) is 5.91 Å². The first kappa shape index (κ1) is 17.5. The second-order valence-corrected chi connectivity index (χ2v) is 6.08. The van der Waals surface area contributed by atoms with Crippen molar-refractivity contribution in [3.05, 3.63) is 29.8 Å². The van der Waals surface area contributed by atoms with Gasteiger partial charge in [-0.05, 0) is 38.6 Å². The van der Waals surface area contributed by atoms with E-state index in [0.29, 0.717) is 13.1 Å². The lowest BCUT2D eigenvalue weighted by atomic mass is 10.1. The first-order valence-corrected chi connectivity index (χ1v) is 6.99. The Morgan fingerprint density at radius 3 is 2.29 bits per heavy atom. The molecule has 0 saturated heterocycles. The molecule has 0 aromatic heterocycles. The third kappa shape index (κ3) is 6.60. The van der Waals surface area contributed by atoms with Crippen molar-refractivity contribution >= 4 is 5.91 Å². The maximum absolute atomic E-state index is 12.1. The standard InChI is InChI=1S/C16H26N2O3/c1-16(2,20)12-17(3)11-15(19)18(4)10-13-6-8-14(21-5)9-7-13/h6-9,20H,10-12H2,1-5H3. The van der Waals surface area contributed by atoms with Crippen LogP contribution in [0.3, 0.4) is 0 Å². The lowest BCUT2D eigenvalue weighted by Crippen LogP contribution is -2.42. The summed E-state index contributed by atoms with van der Waals surface area (Å²) in [6.45, 7) is 4.76. The average Bonchev–Trinajstić information content (AvgIpc) is 2.37. The monoisotopic (exact) mass is 294 g/mol. The second kappa shape index (κ2) is 7.43. The Morgan fingerprint density at radius 1 is 1.24 bits per heavy atom. The molecule has 0 aliphatic carbocycles. The zero-order valence-electron chi connectivity index (χ0n) is 13.6. The molecule has 5 heteroatoms. The molecule has 1 N–H and O–H groups in total. The van der Waals surface area contributed by atoms with E-state index in [0.717, 1.165) is 11.3 Å². The largest absolute Gasteiger partial charge is 0.497 e. The van der Waals surface area contributed by atoms with Crippen LogP contribution in [0.4, 0.5) is 0 Å². The van der Waals surface area contributed by atoms with Gasteiger partial charge < -0.3 is 14.7 Å². The Morgan fingerprint density at radius 2 is 1.81 bits per heavy atom. The maximum atomic E-state index is 12.1. The van der Waals surface area contributed by atoms with Gasteiger partial charge in [0, 0.05) is 20.1 Å². The lowest BCUT2D eigenvalue weighted by Gasteiger charge is -2.27. The number of carbonyl (C=O) groups excluding carboxylic acids is 1. The van der Waals surface area contributed by atoms with Crippen LogP contribution < -0.4 is 4.74 Å². The molecule has 0 atom stereocenters. The average molecular weight is 294 g/mol. The number of rotatable bonds is 7. The second-order valence-electron chi connectivity index (χ2n) is 6.08. The molecule has 1 amide bonds. The van der Waals surface area contributed by atoms with Gasteiger partial charge in [0.05, 0.1) is 19.3 Å². The van der Waals surface area contributed by atoms with Gasteiger partial charge in [-0.2, -0.15) is 0 Å². The molecule has 0 saturated carbocycles. The topological polar surface area (TPSA) is 53.0 Å². The Kier molecular flexibility index (Phi) is 6.18. The number of hydrogen-bond donors (Lipinski definition) is 1. The zero-order valence-corrected chi connectivity index (χ0v) is 13.6. The number of methoxy groups -OCH3 is 1. The molecule has 0 heterocycles. The van der Waals surface area contributed by atoms with E-state index in [2.05, 4.69) is 0 Å². The number of ether oxygens (including phenoxy) is 1. The van der Waals surface area contributed by atoms with Gasteiger partial charge in [-0.15, -0.1) is 0 Å². The molecule has 1 rings (SSSR count). The summed E-state index contributed by atoms with van der Waals surface area (Å²) >= 11 is 0. The number of benzene rings is 1. The third-order valence-electron chi connectivity index (χ3n) is 3.07. The summed E-state index contributed by atoms with van der Waals surface area (Å²) in [7, 11) is 5.24. The Labute approximate surface area is 127 Å². The Hall–Kier alpha value is -1.59. The number of likely N-dealkylation sites (N-methyl/N-ethyl adjacent to an activating group) is 2. The highest BCUT2D eigenvalue weighted by atomic mass is 16.5. The fourth-order valence-electron chi connectivity index (χ4n) is 2.16. The molecule has 5 nitrogen and oxygen atoms in total. The zero-order chi connectivity index (χ0) is 16.0. The number of nitrogens with zero attached hydrogens (tertiary/aromatic N) is 2. The van der Waals surface area contributed by atoms with E-state index in [1.54, 1.807) is 32.9 Å². The fourth-order valence-corrected chi connectivity index (χ4v) is 2.16. The predicted molar refractivity (Wildman–Crippen MR) is 83.3 cm³/mol. The minimum Gasteiger partial charge on any atom is -0.497 e. The summed E-state index contributed by atoms with van der Waals surface area (Å²) < 4.78 is 5.11. The third-order valence-corrected chi connectivity index (χ3v) is 3.07. The van der Waals surface area contributed by atoms with Crippen LogP contribution in [0.5, 0.6) is 5.75 Å². The molecule has 1 aromatic carbocycles. The smallest absolute Gasteiger partial charge is 0.236 e. The van der Waals surface area contributed by atoms with Crippen molar-refractivity contribution < 1.29 is 14.6 Å². The van der Waals surface area contributed by atoms with Crippen LogP contribution in [-0.2, 0) is 11.3 Å². The molecular weight excluding hydrogens is 268 g/mol. The van der Waals surface area contributed by atoms with Crippen molar-refractivity contribution in [2.24, 2.45) is 0 Å². The molecule has 1 aromatic rings. The molecule has 0 bridgehead atoms. The van der Waals surface area contributed by atoms with Gasteiger partial charge in [-0.1, -0.05) is 12.1 Å². The summed E-state index contributed by atoms with van der Waals surface area (Å²) in [5, 5.41) is 9.75. The molecule has 0 fully saturated rings. The summed E-state index contributed by atoms with van der Waals surface area (Å²) in [6.07, 6.45) is 0. The number of hydrogen-bond acceptors (Lipinski definition) is 4. The van der Waals surface area contributed by atoms with Crippen molar-refractivity contribution in [3.8, 4) is 5.75 Å². The minimum absolute atomic E-state index is 0.0255. The van der Waals surface area contributed by atoms with Crippen LogP contribution in [-0.4, -0.2) is 60.7 Å². The van der Waals surface area contributed by atoms with Gasteiger partial charge in [0.1, 0.15) is 5.75 Å². The van der Waals surface area contributed by atoms with Crippen LogP contribution in [0.15, 0.2) is 24.3 Å². The van der Waals surface area contributed by atoms with E-state index in [4.69, 9.17) is 4.74 Å². The highest BCUT2D eigenvalue weighted by molar-refractivity contribution is 5.77. The van der Waals surface area contributed by atoms with Gasteiger partial charge in [0.25, 0.3) is 0 Å². The lowest BCUT2D eigenvalue weighted by molar-refractivity contribution is -0.131. The molecule has 0 spiro atoms. The summed E-state index contributed by atoms with van der Waals surface area (Å²) in [5.74, 6) is 0.829. The number of carbonyl (C=O) groups is 1. The Bertz CT molecular complexity index is 452. The Balaban J connectivity index is 2.50. The normalized spacial score (nSPS) is 11.6. The quantitative estimate of drug-likeness (QED) is 0.825. The van der Waals surface area contributed by atoms with Crippen molar-refractivity contribution in [1.82, 2.24) is 9.80 Å². The van der Waals surface area contributed by atoms with Crippen molar-refractivity contribution in [2.75, 3.05) is 34.3 Å². The van der Waals surface area contributed by atoms with Gasteiger partial charge >= 0.3 is 0 Å². The van der Waals surface area contributed by atoms with E-state index in [1.807, 2.05) is 36.2 Å². The van der Waals surface area contributed by atoms with Crippen LogP contribution >= 0.6 is 0 Å². The predicted octanol–water partition coefficient (Wildman–Crippen LogP) is 1.36. The van der Waals surface area contributed by atoms with Crippen LogP contribution in [0, 0.1) is 0 Å². The van der Waals surface area contributed by atoms with Gasteiger partial charge in [0.15, 0.2) is 0 Å². The molecule has 0 aliphatic rings. The molecule has 118 valence electrons. The summed E-state index contributed by atoms with van der Waals surface area (Å²) in [4.78, 5) is 15.7. The van der Waals surface area contributed by atoms with Crippen LogP contribution in [0.2, 0.25) is 0 Å². The highest BCUT2D eigenvalue weighted by Crippen LogP contribution is 2.12. The number of aliphatic hydroxyl groups is 1. The minimum atomic E-state index is -0.802. The van der Waals surface area contributed by atoms with Crippen LogP contribution in [0.25, 0.3) is 0 Å². The maximum Gasteiger partial charge on any atom is 0.236 e.